The van der Waals surface area contributed by atoms with Crippen molar-refractivity contribution in [2.24, 2.45) is 0 Å². The summed E-state index contributed by atoms with van der Waals surface area (Å²) in [5.41, 5.74) is 0.736. The Balaban J connectivity index is 2.11. The number of aryl methyl sites for hydroxylation is 1. The van der Waals surface area contributed by atoms with Gasteiger partial charge in [0, 0.05) is 11.9 Å². The van der Waals surface area contributed by atoms with Gasteiger partial charge in [-0.1, -0.05) is 17.7 Å². The lowest BCUT2D eigenvalue weighted by Crippen LogP contribution is -2.08. The molecule has 3 nitrogen and oxygen atoms in total. The Labute approximate surface area is 118 Å². The predicted octanol–water partition coefficient (Wildman–Crippen LogP) is 4.07. The third-order valence-corrected chi connectivity index (χ3v) is 2.84. The van der Waals surface area contributed by atoms with Crippen LogP contribution in [0.5, 0.6) is 0 Å². The molecule has 0 fully saturated rings. The molecule has 0 saturated heterocycles. The highest BCUT2D eigenvalue weighted by molar-refractivity contribution is 6.32. The molecule has 1 N–H and O–H groups in total. The maximum atomic E-state index is 12.5. The van der Waals surface area contributed by atoms with E-state index in [0.717, 1.165) is 23.7 Å². The number of hydrogen-bond donors (Lipinski definition) is 1. The zero-order valence-corrected chi connectivity index (χ0v) is 11.3. The van der Waals surface area contributed by atoms with Crippen LogP contribution >= 0.6 is 11.6 Å². The lowest BCUT2D eigenvalue weighted by molar-refractivity contribution is -0.137. The van der Waals surface area contributed by atoms with E-state index in [4.69, 9.17) is 11.6 Å². The van der Waals surface area contributed by atoms with E-state index in [1.54, 1.807) is 6.07 Å². The number of halogens is 4. The summed E-state index contributed by atoms with van der Waals surface area (Å²) in [7, 11) is 0. The van der Waals surface area contributed by atoms with E-state index >= 15 is 0 Å². The highest BCUT2D eigenvalue weighted by Crippen LogP contribution is 2.32. The second-order valence-electron chi connectivity index (χ2n) is 4.18. The van der Waals surface area contributed by atoms with Crippen molar-refractivity contribution in [1.29, 1.82) is 0 Å². The van der Waals surface area contributed by atoms with Gasteiger partial charge in [0.25, 0.3) is 0 Å². The van der Waals surface area contributed by atoms with E-state index in [1.165, 1.54) is 0 Å². The first-order valence-electron chi connectivity index (χ1n) is 5.75. The van der Waals surface area contributed by atoms with Gasteiger partial charge in [-0.2, -0.15) is 13.2 Å². The fraction of sp³-hybridized carbons (Fsp3) is 0.231. The summed E-state index contributed by atoms with van der Waals surface area (Å²) in [6.45, 7) is 2.19. The molecule has 0 bridgehead atoms. The Morgan fingerprint density at radius 3 is 2.65 bits per heavy atom. The Hall–Kier alpha value is -1.82. The Morgan fingerprint density at radius 2 is 2.05 bits per heavy atom. The molecule has 106 valence electrons. The van der Waals surface area contributed by atoms with Gasteiger partial charge in [0.2, 0.25) is 0 Å². The zero-order chi connectivity index (χ0) is 14.8. The topological polar surface area (TPSA) is 37.8 Å². The van der Waals surface area contributed by atoms with Crippen molar-refractivity contribution in [2.75, 3.05) is 5.32 Å². The third kappa shape index (κ3) is 3.60. The molecule has 0 amide bonds. The predicted molar refractivity (Wildman–Crippen MR) is 70.5 cm³/mol. The number of pyridine rings is 2. The van der Waals surface area contributed by atoms with Crippen molar-refractivity contribution in [1.82, 2.24) is 9.97 Å². The molecule has 0 aliphatic carbocycles. The third-order valence-electron chi connectivity index (χ3n) is 2.55. The molecule has 0 aromatic carbocycles. The van der Waals surface area contributed by atoms with Crippen LogP contribution in [-0.4, -0.2) is 9.97 Å². The summed E-state index contributed by atoms with van der Waals surface area (Å²) in [5.74, 6) is 0.197. The van der Waals surface area contributed by atoms with E-state index in [2.05, 4.69) is 15.3 Å². The molecule has 2 rings (SSSR count). The number of nitrogens with one attached hydrogen (secondary N) is 1. The molecule has 20 heavy (non-hydrogen) atoms. The number of hydrogen-bond acceptors (Lipinski definition) is 3. The van der Waals surface area contributed by atoms with E-state index in [-0.39, 0.29) is 10.8 Å². The lowest BCUT2D eigenvalue weighted by Gasteiger charge is -2.10. The average Bonchev–Trinajstić information content (AvgIpc) is 2.36. The van der Waals surface area contributed by atoms with Gasteiger partial charge in [0.1, 0.15) is 5.82 Å². The summed E-state index contributed by atoms with van der Waals surface area (Å²) in [6, 6.07) is 6.35. The molecule has 0 aliphatic rings. The summed E-state index contributed by atoms with van der Waals surface area (Å²) < 4.78 is 37.4. The highest BCUT2D eigenvalue weighted by Gasteiger charge is 2.31. The Bertz CT molecular complexity index is 614. The first-order valence-corrected chi connectivity index (χ1v) is 6.13. The summed E-state index contributed by atoms with van der Waals surface area (Å²) in [6.07, 6.45) is -3.70. The molecule has 0 saturated carbocycles. The van der Waals surface area contributed by atoms with Gasteiger partial charge in [-0.05, 0) is 25.1 Å². The molecule has 0 atom stereocenters. The smallest absolute Gasteiger partial charge is 0.363 e. The summed E-state index contributed by atoms with van der Waals surface area (Å²) in [4.78, 5) is 7.95. The minimum Gasteiger partial charge on any atom is -0.363 e. The van der Waals surface area contributed by atoms with Gasteiger partial charge in [-0.15, -0.1) is 0 Å². The molecule has 0 unspecified atom stereocenters. The van der Waals surface area contributed by atoms with E-state index < -0.39 is 11.7 Å². The molecular weight excluding hydrogens is 291 g/mol. The van der Waals surface area contributed by atoms with Crippen LogP contribution < -0.4 is 5.32 Å². The largest absolute Gasteiger partial charge is 0.417 e. The monoisotopic (exact) mass is 301 g/mol. The van der Waals surface area contributed by atoms with Crippen LogP contribution in [0.1, 0.15) is 17.0 Å². The van der Waals surface area contributed by atoms with E-state index in [0.29, 0.717) is 6.54 Å². The van der Waals surface area contributed by atoms with Gasteiger partial charge in [-0.25, -0.2) is 4.98 Å². The fourth-order valence-electron chi connectivity index (χ4n) is 1.60. The molecule has 2 aromatic rings. The first-order chi connectivity index (χ1) is 9.36. The van der Waals surface area contributed by atoms with Crippen LogP contribution in [0.25, 0.3) is 0 Å². The molecule has 0 spiro atoms. The van der Waals surface area contributed by atoms with Crippen molar-refractivity contribution in [3.63, 3.8) is 0 Å². The lowest BCUT2D eigenvalue weighted by atomic mass is 10.2. The molecule has 7 heteroatoms. The van der Waals surface area contributed by atoms with Crippen molar-refractivity contribution in [2.45, 2.75) is 19.6 Å². The SMILES string of the molecule is Cc1cccc(CNc2ncc(C(F)(F)F)cc2Cl)n1. The zero-order valence-electron chi connectivity index (χ0n) is 10.5. The minimum atomic E-state index is -4.45. The van der Waals surface area contributed by atoms with E-state index in [1.807, 2.05) is 19.1 Å². The van der Waals surface area contributed by atoms with Gasteiger partial charge < -0.3 is 5.32 Å². The van der Waals surface area contributed by atoms with E-state index in [9.17, 15) is 13.2 Å². The molecule has 0 aliphatic heterocycles. The van der Waals surface area contributed by atoms with Crippen LogP contribution in [0.3, 0.4) is 0 Å². The van der Waals surface area contributed by atoms with Crippen LogP contribution in [0.2, 0.25) is 5.02 Å². The first kappa shape index (κ1) is 14.6. The number of nitrogens with zero attached hydrogens (tertiary/aromatic N) is 2. The van der Waals surface area contributed by atoms with Gasteiger partial charge in [0.05, 0.1) is 22.8 Å². The Morgan fingerprint density at radius 1 is 1.30 bits per heavy atom. The van der Waals surface area contributed by atoms with Crippen molar-refractivity contribution < 1.29 is 13.2 Å². The number of rotatable bonds is 3. The summed E-state index contributed by atoms with van der Waals surface area (Å²) in [5, 5.41) is 2.79. The fourth-order valence-corrected chi connectivity index (χ4v) is 1.83. The van der Waals surface area contributed by atoms with Crippen LogP contribution in [-0.2, 0) is 12.7 Å². The average molecular weight is 302 g/mol. The highest BCUT2D eigenvalue weighted by atomic mass is 35.5. The maximum Gasteiger partial charge on any atom is 0.417 e. The molecule has 2 aromatic heterocycles. The van der Waals surface area contributed by atoms with Crippen LogP contribution in [0.4, 0.5) is 19.0 Å². The number of aromatic nitrogens is 2. The van der Waals surface area contributed by atoms with Crippen molar-refractivity contribution in [3.05, 3.63) is 52.4 Å². The molecule has 0 radical (unpaired) electrons. The van der Waals surface area contributed by atoms with Crippen LogP contribution in [0.15, 0.2) is 30.5 Å². The molecular formula is C13H11ClF3N3. The van der Waals surface area contributed by atoms with Gasteiger partial charge in [0.15, 0.2) is 0 Å². The minimum absolute atomic E-state index is 0.0764. The van der Waals surface area contributed by atoms with Gasteiger partial charge in [-0.3, -0.25) is 4.98 Å². The van der Waals surface area contributed by atoms with Gasteiger partial charge >= 0.3 is 6.18 Å². The van der Waals surface area contributed by atoms with Crippen LogP contribution in [0, 0.1) is 6.92 Å². The second kappa shape index (κ2) is 5.66. The summed E-state index contributed by atoms with van der Waals surface area (Å²) >= 11 is 5.79. The Kier molecular flexibility index (Phi) is 4.13. The maximum absolute atomic E-state index is 12.5. The van der Waals surface area contributed by atoms with Crippen molar-refractivity contribution >= 4 is 17.4 Å². The second-order valence-corrected chi connectivity index (χ2v) is 4.58. The standard InChI is InChI=1S/C13H11ClF3N3/c1-8-3-2-4-10(20-8)7-19-12-11(14)5-9(6-18-12)13(15,16)17/h2-6H,7H2,1H3,(H,18,19). The quantitative estimate of drug-likeness (QED) is 0.928. The number of anilines is 1. The molecule has 2 heterocycles. The normalized spacial score (nSPS) is 11.4. The van der Waals surface area contributed by atoms with Crippen molar-refractivity contribution in [3.8, 4) is 0 Å². The number of alkyl halides is 3.